The second-order valence-corrected chi connectivity index (χ2v) is 4.70. The largest absolute Gasteiger partial charge is 0.320 e. The Balaban J connectivity index is 2.08. The number of halogens is 3. The van der Waals surface area contributed by atoms with E-state index in [1.165, 1.54) is 0 Å². The lowest BCUT2D eigenvalue weighted by Gasteiger charge is -2.14. The Morgan fingerprint density at radius 1 is 0.952 bits per heavy atom. The number of nitrogens with zero attached hydrogens (tertiary/aromatic N) is 1. The highest BCUT2D eigenvalue weighted by Crippen LogP contribution is 2.26. The number of benzene rings is 2. The number of rotatable bonds is 2. The molecule has 0 fully saturated rings. The molecule has 0 aliphatic carbocycles. The van der Waals surface area contributed by atoms with Gasteiger partial charge in [-0.15, -0.1) is 0 Å². The molecule has 2 nitrogen and oxygen atoms in total. The lowest BCUT2D eigenvalue weighted by Crippen LogP contribution is -2.15. The predicted octanol–water partition coefficient (Wildman–Crippen LogP) is 3.70. The van der Waals surface area contributed by atoms with E-state index in [0.29, 0.717) is 11.1 Å². The average Bonchev–Trinajstić information content (AvgIpc) is 2.52. The molecule has 1 atom stereocenters. The third kappa shape index (κ3) is 2.36. The fourth-order valence-corrected chi connectivity index (χ4v) is 2.24. The minimum atomic E-state index is -1.51. The number of hydrogen-bond acceptors (Lipinski definition) is 2. The maximum absolute atomic E-state index is 13.8. The van der Waals surface area contributed by atoms with Crippen LogP contribution in [0.3, 0.4) is 0 Å². The van der Waals surface area contributed by atoms with Gasteiger partial charge < -0.3 is 5.73 Å². The molecule has 0 radical (unpaired) electrons. The third-order valence-corrected chi connectivity index (χ3v) is 3.39. The molecule has 21 heavy (non-hydrogen) atoms. The molecular weight excluding hydrogens is 277 g/mol. The zero-order valence-corrected chi connectivity index (χ0v) is 10.9. The van der Waals surface area contributed by atoms with Gasteiger partial charge in [0.2, 0.25) is 0 Å². The molecule has 0 saturated carbocycles. The lowest BCUT2D eigenvalue weighted by atomic mass is 9.97. The first kappa shape index (κ1) is 13.6. The van der Waals surface area contributed by atoms with E-state index in [1.54, 1.807) is 30.5 Å². The molecule has 0 amide bonds. The minimum absolute atomic E-state index is 0.0934. The van der Waals surface area contributed by atoms with E-state index in [-0.39, 0.29) is 5.56 Å². The standard InChI is InChI=1S/C16H11F3N2/c17-12-6-5-11(14(18)15(12)19)16(20)10-4-3-9-2-1-7-21-13(9)8-10/h1-8,16H,20H2. The van der Waals surface area contributed by atoms with Crippen molar-refractivity contribution in [2.45, 2.75) is 6.04 Å². The van der Waals surface area contributed by atoms with E-state index in [2.05, 4.69) is 4.98 Å². The first-order valence-corrected chi connectivity index (χ1v) is 6.31. The summed E-state index contributed by atoms with van der Waals surface area (Å²) in [7, 11) is 0. The molecule has 0 aliphatic heterocycles. The Labute approximate surface area is 119 Å². The predicted molar refractivity (Wildman–Crippen MR) is 74.1 cm³/mol. The summed E-state index contributed by atoms with van der Waals surface area (Å²) in [6.07, 6.45) is 1.63. The smallest absolute Gasteiger partial charge is 0.194 e. The van der Waals surface area contributed by atoms with Gasteiger partial charge in [0.15, 0.2) is 17.5 Å². The van der Waals surface area contributed by atoms with E-state index in [1.807, 2.05) is 6.07 Å². The van der Waals surface area contributed by atoms with Gasteiger partial charge in [-0.1, -0.05) is 24.3 Å². The van der Waals surface area contributed by atoms with Crippen molar-refractivity contribution in [2.75, 3.05) is 0 Å². The van der Waals surface area contributed by atoms with Crippen LogP contribution in [0.15, 0.2) is 48.7 Å². The molecule has 2 N–H and O–H groups in total. The van der Waals surface area contributed by atoms with Crippen molar-refractivity contribution in [2.24, 2.45) is 5.73 Å². The Bertz CT molecular complexity index is 818. The van der Waals surface area contributed by atoms with Gasteiger partial charge in [-0.25, -0.2) is 13.2 Å². The number of pyridine rings is 1. The van der Waals surface area contributed by atoms with Gasteiger partial charge >= 0.3 is 0 Å². The van der Waals surface area contributed by atoms with Crippen molar-refractivity contribution in [3.63, 3.8) is 0 Å². The Kier molecular flexibility index (Phi) is 3.35. The van der Waals surface area contributed by atoms with Gasteiger partial charge in [0.05, 0.1) is 11.6 Å². The van der Waals surface area contributed by atoms with Crippen molar-refractivity contribution in [1.29, 1.82) is 0 Å². The van der Waals surface area contributed by atoms with Crippen LogP contribution in [0.2, 0.25) is 0 Å². The second-order valence-electron chi connectivity index (χ2n) is 4.70. The molecule has 0 bridgehead atoms. The average molecular weight is 288 g/mol. The van der Waals surface area contributed by atoms with Crippen LogP contribution >= 0.6 is 0 Å². The van der Waals surface area contributed by atoms with E-state index in [0.717, 1.165) is 17.5 Å². The summed E-state index contributed by atoms with van der Waals surface area (Å²) in [5, 5.41) is 0.916. The van der Waals surface area contributed by atoms with Crippen molar-refractivity contribution in [3.05, 3.63) is 77.2 Å². The Morgan fingerprint density at radius 2 is 1.76 bits per heavy atom. The van der Waals surface area contributed by atoms with Gasteiger partial charge in [-0.2, -0.15) is 0 Å². The quantitative estimate of drug-likeness (QED) is 0.730. The molecule has 2 aromatic carbocycles. The molecule has 0 spiro atoms. The third-order valence-electron chi connectivity index (χ3n) is 3.39. The highest BCUT2D eigenvalue weighted by Gasteiger charge is 2.19. The van der Waals surface area contributed by atoms with Gasteiger partial charge in [0.1, 0.15) is 0 Å². The van der Waals surface area contributed by atoms with Crippen LogP contribution in [-0.2, 0) is 0 Å². The van der Waals surface area contributed by atoms with Crippen LogP contribution in [0.1, 0.15) is 17.2 Å². The SMILES string of the molecule is NC(c1ccc2cccnc2c1)c1ccc(F)c(F)c1F. The zero-order chi connectivity index (χ0) is 15.0. The number of aromatic nitrogens is 1. The van der Waals surface area contributed by atoms with Crippen LogP contribution < -0.4 is 5.73 Å². The molecule has 1 aromatic heterocycles. The summed E-state index contributed by atoms with van der Waals surface area (Å²) in [6.45, 7) is 0. The first-order valence-electron chi connectivity index (χ1n) is 6.31. The molecule has 0 aliphatic rings. The van der Waals surface area contributed by atoms with Crippen molar-refractivity contribution < 1.29 is 13.2 Å². The maximum Gasteiger partial charge on any atom is 0.194 e. The molecule has 1 unspecified atom stereocenters. The second kappa shape index (κ2) is 5.18. The minimum Gasteiger partial charge on any atom is -0.320 e. The van der Waals surface area contributed by atoms with Crippen molar-refractivity contribution in [1.82, 2.24) is 4.98 Å². The molecule has 3 rings (SSSR count). The number of nitrogens with two attached hydrogens (primary N) is 1. The van der Waals surface area contributed by atoms with Crippen LogP contribution in [0.5, 0.6) is 0 Å². The van der Waals surface area contributed by atoms with Gasteiger partial charge in [-0.05, 0) is 23.8 Å². The highest BCUT2D eigenvalue weighted by atomic mass is 19.2. The van der Waals surface area contributed by atoms with Gasteiger partial charge in [0.25, 0.3) is 0 Å². The van der Waals surface area contributed by atoms with E-state index >= 15 is 0 Å². The number of fused-ring (bicyclic) bond motifs is 1. The van der Waals surface area contributed by atoms with Gasteiger partial charge in [0, 0.05) is 17.1 Å². The summed E-state index contributed by atoms with van der Waals surface area (Å²) in [5.74, 6) is -4.01. The van der Waals surface area contributed by atoms with Crippen molar-refractivity contribution >= 4 is 10.9 Å². The molecule has 5 heteroatoms. The number of hydrogen-bond donors (Lipinski definition) is 1. The molecule has 1 heterocycles. The highest BCUT2D eigenvalue weighted by molar-refractivity contribution is 5.79. The Morgan fingerprint density at radius 3 is 2.57 bits per heavy atom. The molecular formula is C16H11F3N2. The van der Waals surface area contributed by atoms with E-state index < -0.39 is 23.5 Å². The zero-order valence-electron chi connectivity index (χ0n) is 10.9. The first-order chi connectivity index (χ1) is 10.1. The van der Waals surface area contributed by atoms with Crippen molar-refractivity contribution in [3.8, 4) is 0 Å². The topological polar surface area (TPSA) is 38.9 Å². The molecule has 3 aromatic rings. The summed E-state index contributed by atoms with van der Waals surface area (Å²) in [5.41, 5.74) is 7.15. The Hall–Kier alpha value is -2.40. The van der Waals surface area contributed by atoms with Crippen LogP contribution in [0.25, 0.3) is 10.9 Å². The summed E-state index contributed by atoms with van der Waals surface area (Å²) in [6, 6.07) is 10.0. The van der Waals surface area contributed by atoms with E-state index in [9.17, 15) is 13.2 Å². The normalized spacial score (nSPS) is 12.6. The summed E-state index contributed by atoms with van der Waals surface area (Å²) >= 11 is 0. The summed E-state index contributed by atoms with van der Waals surface area (Å²) < 4.78 is 40.1. The monoisotopic (exact) mass is 288 g/mol. The summed E-state index contributed by atoms with van der Waals surface area (Å²) in [4.78, 5) is 4.19. The fraction of sp³-hybridized carbons (Fsp3) is 0.0625. The molecule has 106 valence electrons. The fourth-order valence-electron chi connectivity index (χ4n) is 2.24. The van der Waals surface area contributed by atoms with E-state index in [4.69, 9.17) is 5.73 Å². The van der Waals surface area contributed by atoms with Crippen LogP contribution in [-0.4, -0.2) is 4.98 Å². The van der Waals surface area contributed by atoms with Crippen LogP contribution in [0, 0.1) is 17.5 Å². The lowest BCUT2D eigenvalue weighted by molar-refractivity contribution is 0.438. The maximum atomic E-state index is 13.8. The van der Waals surface area contributed by atoms with Gasteiger partial charge in [-0.3, -0.25) is 4.98 Å². The van der Waals surface area contributed by atoms with Crippen LogP contribution in [0.4, 0.5) is 13.2 Å². The molecule has 0 saturated heterocycles.